The molecule has 3 rings (SSSR count). The quantitative estimate of drug-likeness (QED) is 0.853. The summed E-state index contributed by atoms with van der Waals surface area (Å²) < 4.78 is 1.97. The Morgan fingerprint density at radius 2 is 2.13 bits per heavy atom. The number of likely N-dealkylation sites (tertiary alicyclic amines) is 1. The second kappa shape index (κ2) is 7.40. The van der Waals surface area contributed by atoms with E-state index in [0.29, 0.717) is 6.42 Å². The maximum absolute atomic E-state index is 12.7. The number of piperidine rings is 1. The molecule has 5 heteroatoms. The summed E-state index contributed by atoms with van der Waals surface area (Å²) in [6.45, 7) is 3.72. The van der Waals surface area contributed by atoms with Crippen LogP contribution in [0.1, 0.15) is 36.8 Å². The third-order valence-electron chi connectivity index (χ3n) is 4.48. The zero-order valence-corrected chi connectivity index (χ0v) is 13.7. The Morgan fingerprint density at radius 3 is 2.87 bits per heavy atom. The maximum Gasteiger partial charge on any atom is 0.223 e. The first-order chi connectivity index (χ1) is 11.2. The molecule has 5 nitrogen and oxygen atoms in total. The highest BCUT2D eigenvalue weighted by Crippen LogP contribution is 2.20. The van der Waals surface area contributed by atoms with Crippen LogP contribution in [-0.2, 0) is 17.8 Å². The average molecular weight is 312 g/mol. The van der Waals surface area contributed by atoms with Crippen LogP contribution in [0.5, 0.6) is 0 Å². The molecule has 122 valence electrons. The van der Waals surface area contributed by atoms with E-state index in [2.05, 4.69) is 15.0 Å². The minimum Gasteiger partial charge on any atom is -0.338 e. The van der Waals surface area contributed by atoms with Crippen molar-refractivity contribution < 1.29 is 4.79 Å². The summed E-state index contributed by atoms with van der Waals surface area (Å²) in [4.78, 5) is 18.7. The van der Waals surface area contributed by atoms with Gasteiger partial charge in [0.05, 0.1) is 18.8 Å². The van der Waals surface area contributed by atoms with Gasteiger partial charge in [-0.2, -0.15) is 5.10 Å². The number of rotatable bonds is 5. The molecule has 1 amide bonds. The molecule has 0 aliphatic carbocycles. The van der Waals surface area contributed by atoms with E-state index in [1.165, 1.54) is 12.0 Å². The van der Waals surface area contributed by atoms with Crippen molar-refractivity contribution in [3.05, 3.63) is 48.0 Å². The van der Waals surface area contributed by atoms with Gasteiger partial charge in [-0.1, -0.05) is 0 Å². The number of carbonyl (C=O) groups excluding carboxylic acids is 1. The highest BCUT2D eigenvalue weighted by atomic mass is 16.2. The van der Waals surface area contributed by atoms with Gasteiger partial charge in [0, 0.05) is 31.6 Å². The lowest BCUT2D eigenvalue weighted by molar-refractivity contribution is -0.135. The summed E-state index contributed by atoms with van der Waals surface area (Å²) in [5.41, 5.74) is 2.33. The number of hydrogen-bond acceptors (Lipinski definition) is 3. The molecule has 0 bridgehead atoms. The topological polar surface area (TPSA) is 51.0 Å². The third-order valence-corrected chi connectivity index (χ3v) is 4.48. The summed E-state index contributed by atoms with van der Waals surface area (Å²) in [5, 5.41) is 4.37. The highest BCUT2D eigenvalue weighted by Gasteiger charge is 2.26. The lowest BCUT2D eigenvalue weighted by atomic mass is 10.0. The van der Waals surface area contributed by atoms with Gasteiger partial charge in [-0.05, 0) is 55.9 Å². The lowest BCUT2D eigenvalue weighted by Gasteiger charge is -2.36. The molecule has 0 spiro atoms. The van der Waals surface area contributed by atoms with E-state index in [9.17, 15) is 4.79 Å². The van der Waals surface area contributed by atoms with Gasteiger partial charge in [0.2, 0.25) is 5.91 Å². The molecule has 0 saturated carbocycles. The van der Waals surface area contributed by atoms with Crippen LogP contribution in [0.2, 0.25) is 0 Å². The molecule has 2 aromatic heterocycles. The Balaban J connectivity index is 1.60. The summed E-state index contributed by atoms with van der Waals surface area (Å²) >= 11 is 0. The number of aromatic nitrogens is 3. The van der Waals surface area contributed by atoms with Crippen LogP contribution in [0.4, 0.5) is 0 Å². The largest absolute Gasteiger partial charge is 0.338 e. The van der Waals surface area contributed by atoms with Crippen molar-refractivity contribution in [2.24, 2.45) is 0 Å². The van der Waals surface area contributed by atoms with Gasteiger partial charge in [0.1, 0.15) is 0 Å². The van der Waals surface area contributed by atoms with Crippen LogP contribution in [0.15, 0.2) is 36.9 Å². The first-order valence-corrected chi connectivity index (χ1v) is 8.40. The Hall–Kier alpha value is -2.17. The maximum atomic E-state index is 12.7. The average Bonchev–Trinajstić information content (AvgIpc) is 2.99. The molecule has 2 aromatic rings. The van der Waals surface area contributed by atoms with Crippen LogP contribution >= 0.6 is 0 Å². The smallest absolute Gasteiger partial charge is 0.223 e. The molecule has 23 heavy (non-hydrogen) atoms. The standard InChI is InChI=1S/C18H24N4O/c1-15-12-20-21(13-15)14-17-4-2-3-11-22(17)18(23)6-5-16-7-9-19-10-8-16/h7-10,12-13,17H,2-6,11,14H2,1H3/t17-/m1/s1. The Morgan fingerprint density at radius 1 is 1.30 bits per heavy atom. The van der Waals surface area contributed by atoms with E-state index in [4.69, 9.17) is 0 Å². The molecule has 0 aromatic carbocycles. The summed E-state index contributed by atoms with van der Waals surface area (Å²) in [7, 11) is 0. The molecule has 1 saturated heterocycles. The Bertz CT molecular complexity index is 637. The van der Waals surface area contributed by atoms with Crippen molar-refractivity contribution >= 4 is 5.91 Å². The second-order valence-corrected chi connectivity index (χ2v) is 6.33. The number of pyridine rings is 1. The van der Waals surface area contributed by atoms with E-state index in [1.54, 1.807) is 12.4 Å². The van der Waals surface area contributed by atoms with Crippen LogP contribution in [0.25, 0.3) is 0 Å². The first kappa shape index (κ1) is 15.7. The molecule has 0 unspecified atom stereocenters. The van der Waals surface area contributed by atoms with Crippen LogP contribution in [-0.4, -0.2) is 38.2 Å². The van der Waals surface area contributed by atoms with Crippen molar-refractivity contribution in [1.29, 1.82) is 0 Å². The van der Waals surface area contributed by atoms with E-state index in [1.807, 2.05) is 36.1 Å². The van der Waals surface area contributed by atoms with Crippen molar-refractivity contribution in [2.45, 2.75) is 51.6 Å². The normalized spacial score (nSPS) is 18.1. The zero-order chi connectivity index (χ0) is 16.1. The van der Waals surface area contributed by atoms with Crippen LogP contribution in [0.3, 0.4) is 0 Å². The van der Waals surface area contributed by atoms with Gasteiger partial charge in [0.15, 0.2) is 0 Å². The van der Waals surface area contributed by atoms with Crippen LogP contribution in [0, 0.1) is 6.92 Å². The highest BCUT2D eigenvalue weighted by molar-refractivity contribution is 5.76. The molecule has 1 aliphatic heterocycles. The zero-order valence-electron chi connectivity index (χ0n) is 13.7. The van der Waals surface area contributed by atoms with Gasteiger partial charge in [-0.15, -0.1) is 0 Å². The Kier molecular flexibility index (Phi) is 5.05. The third kappa shape index (κ3) is 4.18. The fraction of sp³-hybridized carbons (Fsp3) is 0.500. The minimum atomic E-state index is 0.260. The summed E-state index contributed by atoms with van der Waals surface area (Å²) in [5.74, 6) is 0.260. The fourth-order valence-electron chi connectivity index (χ4n) is 3.25. The number of amides is 1. The fourth-order valence-corrected chi connectivity index (χ4v) is 3.25. The predicted octanol–water partition coefficient (Wildman–Crippen LogP) is 2.60. The minimum absolute atomic E-state index is 0.260. The Labute approximate surface area is 137 Å². The number of nitrogens with zero attached hydrogens (tertiary/aromatic N) is 4. The molecule has 1 aliphatic rings. The van der Waals surface area contributed by atoms with Gasteiger partial charge >= 0.3 is 0 Å². The van der Waals surface area contributed by atoms with Crippen molar-refractivity contribution in [2.75, 3.05) is 6.54 Å². The molecule has 3 heterocycles. The second-order valence-electron chi connectivity index (χ2n) is 6.33. The molecular formula is C18H24N4O. The van der Waals surface area contributed by atoms with Gasteiger partial charge < -0.3 is 4.90 Å². The van der Waals surface area contributed by atoms with E-state index >= 15 is 0 Å². The van der Waals surface area contributed by atoms with E-state index < -0.39 is 0 Å². The first-order valence-electron chi connectivity index (χ1n) is 8.40. The van der Waals surface area contributed by atoms with Crippen molar-refractivity contribution in [1.82, 2.24) is 19.7 Å². The van der Waals surface area contributed by atoms with Gasteiger partial charge in [-0.25, -0.2) is 0 Å². The molecule has 0 N–H and O–H groups in total. The number of hydrogen-bond donors (Lipinski definition) is 0. The predicted molar refractivity (Wildman–Crippen MR) is 88.9 cm³/mol. The molecule has 1 fully saturated rings. The molecular weight excluding hydrogens is 288 g/mol. The van der Waals surface area contributed by atoms with Gasteiger partial charge in [-0.3, -0.25) is 14.5 Å². The summed E-state index contributed by atoms with van der Waals surface area (Å²) in [6.07, 6.45) is 12.2. The SMILES string of the molecule is Cc1cnn(C[C@H]2CCCCN2C(=O)CCc2ccncc2)c1. The van der Waals surface area contributed by atoms with Crippen molar-refractivity contribution in [3.63, 3.8) is 0 Å². The monoisotopic (exact) mass is 312 g/mol. The molecule has 1 atom stereocenters. The lowest BCUT2D eigenvalue weighted by Crippen LogP contribution is -2.46. The summed E-state index contributed by atoms with van der Waals surface area (Å²) in [6, 6.07) is 4.23. The number of carbonyl (C=O) groups is 1. The number of aryl methyl sites for hydroxylation is 2. The van der Waals surface area contributed by atoms with E-state index in [0.717, 1.165) is 37.9 Å². The van der Waals surface area contributed by atoms with E-state index in [-0.39, 0.29) is 11.9 Å². The van der Waals surface area contributed by atoms with Crippen molar-refractivity contribution in [3.8, 4) is 0 Å². The van der Waals surface area contributed by atoms with Gasteiger partial charge in [0.25, 0.3) is 0 Å². The van der Waals surface area contributed by atoms with Crippen LogP contribution < -0.4 is 0 Å². The molecule has 0 radical (unpaired) electrons.